The maximum atomic E-state index is 6.29. The molecule has 0 fully saturated rings. The fourth-order valence-electron chi connectivity index (χ4n) is 2.19. The van der Waals surface area contributed by atoms with Crippen LogP contribution in [0.4, 0.5) is 0 Å². The molecule has 3 nitrogen and oxygen atoms in total. The van der Waals surface area contributed by atoms with E-state index in [4.69, 9.17) is 23.2 Å². The largest absolute Gasteiger partial charge is 0.311 e. The summed E-state index contributed by atoms with van der Waals surface area (Å²) in [5.41, 5.74) is 2.24. The van der Waals surface area contributed by atoms with Crippen molar-refractivity contribution >= 4 is 23.2 Å². The van der Waals surface area contributed by atoms with E-state index in [1.807, 2.05) is 11.6 Å². The van der Waals surface area contributed by atoms with Gasteiger partial charge >= 0.3 is 0 Å². The first-order valence-corrected chi connectivity index (χ1v) is 7.81. The molecule has 19 heavy (non-hydrogen) atoms. The molecule has 1 aromatic rings. The molecule has 0 aliphatic carbocycles. The summed E-state index contributed by atoms with van der Waals surface area (Å²) < 4.78 is 1.97. The number of hydrogen-bond donors (Lipinski definition) is 1. The van der Waals surface area contributed by atoms with Crippen LogP contribution in [0, 0.1) is 12.3 Å². The third-order valence-electron chi connectivity index (χ3n) is 3.34. The van der Waals surface area contributed by atoms with Crippen molar-refractivity contribution in [1.82, 2.24) is 15.1 Å². The van der Waals surface area contributed by atoms with Gasteiger partial charge in [0.1, 0.15) is 0 Å². The van der Waals surface area contributed by atoms with Gasteiger partial charge < -0.3 is 5.32 Å². The number of nitrogens with zero attached hydrogens (tertiary/aromatic N) is 2. The normalized spacial score (nSPS) is 12.1. The molecule has 0 radical (unpaired) electrons. The van der Waals surface area contributed by atoms with Crippen LogP contribution in [0.25, 0.3) is 0 Å². The standard InChI is InChI=1S/C14H25Cl2N3/c1-5-19-12(13(16)11(2)18-19)9-17-10-14(3,4)7-6-8-15/h17H,5-10H2,1-4H3. The minimum atomic E-state index is 0.257. The number of aryl methyl sites for hydroxylation is 2. The molecule has 0 aliphatic heterocycles. The van der Waals surface area contributed by atoms with Gasteiger partial charge in [-0.3, -0.25) is 4.68 Å². The highest BCUT2D eigenvalue weighted by molar-refractivity contribution is 6.31. The SMILES string of the molecule is CCn1nc(C)c(Cl)c1CNCC(C)(C)CCCCl. The molecule has 1 aromatic heterocycles. The van der Waals surface area contributed by atoms with E-state index in [0.717, 1.165) is 54.8 Å². The summed E-state index contributed by atoms with van der Waals surface area (Å²) in [6.45, 7) is 11.1. The molecule has 0 bridgehead atoms. The molecule has 0 spiro atoms. The predicted octanol–water partition coefficient (Wildman–Crippen LogP) is 4.00. The molecular weight excluding hydrogens is 281 g/mol. The number of hydrogen-bond acceptors (Lipinski definition) is 2. The Morgan fingerprint density at radius 1 is 1.37 bits per heavy atom. The van der Waals surface area contributed by atoms with Crippen molar-refractivity contribution in [2.75, 3.05) is 12.4 Å². The van der Waals surface area contributed by atoms with E-state index in [1.54, 1.807) is 0 Å². The molecular formula is C14H25Cl2N3. The second-order valence-electron chi connectivity index (χ2n) is 5.72. The van der Waals surface area contributed by atoms with Crippen molar-refractivity contribution in [1.29, 1.82) is 0 Å². The molecule has 0 unspecified atom stereocenters. The summed E-state index contributed by atoms with van der Waals surface area (Å²) >= 11 is 12.0. The lowest BCUT2D eigenvalue weighted by Crippen LogP contribution is -2.30. The van der Waals surface area contributed by atoms with Gasteiger partial charge in [0.05, 0.1) is 16.4 Å². The molecule has 0 aromatic carbocycles. The number of rotatable bonds is 8. The highest BCUT2D eigenvalue weighted by atomic mass is 35.5. The van der Waals surface area contributed by atoms with Gasteiger partial charge in [-0.05, 0) is 32.1 Å². The van der Waals surface area contributed by atoms with Crippen LogP contribution in [0.15, 0.2) is 0 Å². The summed E-state index contributed by atoms with van der Waals surface area (Å²) in [7, 11) is 0. The third kappa shape index (κ3) is 4.97. The van der Waals surface area contributed by atoms with Crippen LogP contribution in [0.3, 0.4) is 0 Å². The van der Waals surface area contributed by atoms with Crippen LogP contribution >= 0.6 is 23.2 Å². The summed E-state index contributed by atoms with van der Waals surface area (Å²) in [5, 5.41) is 8.70. The fourth-order valence-corrected chi connectivity index (χ4v) is 2.53. The zero-order valence-corrected chi connectivity index (χ0v) is 13.9. The number of halogens is 2. The third-order valence-corrected chi connectivity index (χ3v) is 4.09. The average molecular weight is 306 g/mol. The van der Waals surface area contributed by atoms with Gasteiger partial charge in [-0.25, -0.2) is 0 Å². The molecule has 1 heterocycles. The van der Waals surface area contributed by atoms with Crippen LogP contribution in [-0.4, -0.2) is 22.2 Å². The Morgan fingerprint density at radius 3 is 2.63 bits per heavy atom. The zero-order chi connectivity index (χ0) is 14.5. The first-order valence-electron chi connectivity index (χ1n) is 6.89. The van der Waals surface area contributed by atoms with Crippen molar-refractivity contribution in [2.45, 2.75) is 53.6 Å². The van der Waals surface area contributed by atoms with Gasteiger partial charge in [0.25, 0.3) is 0 Å². The molecule has 0 aliphatic rings. The van der Waals surface area contributed by atoms with Crippen LogP contribution in [0.1, 0.15) is 45.0 Å². The Balaban J connectivity index is 2.53. The van der Waals surface area contributed by atoms with Crippen LogP contribution in [-0.2, 0) is 13.1 Å². The minimum Gasteiger partial charge on any atom is -0.311 e. The van der Waals surface area contributed by atoms with E-state index in [9.17, 15) is 0 Å². The number of aromatic nitrogens is 2. The van der Waals surface area contributed by atoms with E-state index in [1.165, 1.54) is 0 Å². The lowest BCUT2D eigenvalue weighted by Gasteiger charge is -2.24. The fraction of sp³-hybridized carbons (Fsp3) is 0.786. The highest BCUT2D eigenvalue weighted by Crippen LogP contribution is 2.23. The van der Waals surface area contributed by atoms with E-state index in [-0.39, 0.29) is 5.41 Å². The second kappa shape index (κ2) is 7.51. The zero-order valence-electron chi connectivity index (χ0n) is 12.4. The molecule has 0 saturated carbocycles. The maximum absolute atomic E-state index is 6.29. The number of nitrogens with one attached hydrogen (secondary N) is 1. The van der Waals surface area contributed by atoms with Crippen LogP contribution in [0.5, 0.6) is 0 Å². The van der Waals surface area contributed by atoms with Crippen molar-refractivity contribution in [3.05, 3.63) is 16.4 Å². The monoisotopic (exact) mass is 305 g/mol. The summed E-state index contributed by atoms with van der Waals surface area (Å²) in [4.78, 5) is 0. The van der Waals surface area contributed by atoms with E-state index in [2.05, 4.69) is 31.2 Å². The van der Waals surface area contributed by atoms with Crippen molar-refractivity contribution in [3.63, 3.8) is 0 Å². The Morgan fingerprint density at radius 2 is 2.05 bits per heavy atom. The van der Waals surface area contributed by atoms with Gasteiger partial charge in [-0.1, -0.05) is 25.4 Å². The quantitative estimate of drug-likeness (QED) is 0.736. The first-order chi connectivity index (χ1) is 8.91. The lowest BCUT2D eigenvalue weighted by molar-refractivity contribution is 0.309. The van der Waals surface area contributed by atoms with Gasteiger partial charge in [-0.15, -0.1) is 11.6 Å². The predicted molar refractivity (Wildman–Crippen MR) is 83.1 cm³/mol. The van der Waals surface area contributed by atoms with Crippen molar-refractivity contribution < 1.29 is 0 Å². The van der Waals surface area contributed by atoms with E-state index < -0.39 is 0 Å². The summed E-state index contributed by atoms with van der Waals surface area (Å²) in [5.74, 6) is 0.733. The Kier molecular flexibility index (Phi) is 6.64. The Labute approximate surface area is 126 Å². The second-order valence-corrected chi connectivity index (χ2v) is 6.48. The molecule has 0 amide bonds. The van der Waals surface area contributed by atoms with Crippen LogP contribution in [0.2, 0.25) is 5.02 Å². The average Bonchev–Trinajstić information content (AvgIpc) is 2.64. The topological polar surface area (TPSA) is 29.9 Å². The summed E-state index contributed by atoms with van der Waals surface area (Å²) in [6.07, 6.45) is 2.19. The van der Waals surface area contributed by atoms with Gasteiger partial charge in [0.2, 0.25) is 0 Å². The lowest BCUT2D eigenvalue weighted by atomic mass is 9.88. The summed E-state index contributed by atoms with van der Waals surface area (Å²) in [6, 6.07) is 0. The van der Waals surface area contributed by atoms with Gasteiger partial charge in [0.15, 0.2) is 0 Å². The minimum absolute atomic E-state index is 0.257. The number of alkyl halides is 1. The van der Waals surface area contributed by atoms with E-state index >= 15 is 0 Å². The van der Waals surface area contributed by atoms with Crippen molar-refractivity contribution in [3.8, 4) is 0 Å². The highest BCUT2D eigenvalue weighted by Gasteiger charge is 2.18. The maximum Gasteiger partial charge on any atom is 0.0860 e. The van der Waals surface area contributed by atoms with E-state index in [0.29, 0.717) is 0 Å². The van der Waals surface area contributed by atoms with Crippen LogP contribution < -0.4 is 5.32 Å². The molecule has 0 atom stereocenters. The molecule has 1 rings (SSSR count). The van der Waals surface area contributed by atoms with Gasteiger partial charge in [0, 0.05) is 25.5 Å². The van der Waals surface area contributed by atoms with Gasteiger partial charge in [-0.2, -0.15) is 5.10 Å². The Bertz CT molecular complexity index is 400. The molecule has 1 N–H and O–H groups in total. The molecule has 110 valence electrons. The van der Waals surface area contributed by atoms with Crippen molar-refractivity contribution in [2.24, 2.45) is 5.41 Å². The first kappa shape index (κ1) is 16.8. The smallest absolute Gasteiger partial charge is 0.0860 e. The Hall–Kier alpha value is -0.250. The molecule has 5 heteroatoms. The molecule has 0 saturated heterocycles.